The Hall–Kier alpha value is -0.280. The Morgan fingerprint density at radius 2 is 2.12 bits per heavy atom. The average molecular weight is 273 g/mol. The molecule has 0 radical (unpaired) electrons. The van der Waals surface area contributed by atoms with Gasteiger partial charge in [0.05, 0.1) is 10.0 Å². The van der Waals surface area contributed by atoms with Gasteiger partial charge in [-0.15, -0.1) is 0 Å². The molecule has 1 atom stereocenters. The number of rotatable bonds is 3. The molecule has 1 aromatic carbocycles. The number of nitrogens with one attached hydrogen (secondary N) is 1. The van der Waals surface area contributed by atoms with Crippen LogP contribution >= 0.6 is 23.2 Å². The van der Waals surface area contributed by atoms with Crippen LogP contribution in [-0.4, -0.2) is 19.6 Å². The third kappa shape index (κ3) is 2.76. The van der Waals surface area contributed by atoms with Gasteiger partial charge in [0.15, 0.2) is 0 Å². The third-order valence-corrected chi connectivity index (χ3v) is 4.37. The number of hydrogen-bond donors (Lipinski definition) is 2. The zero-order valence-corrected chi connectivity index (χ0v) is 11.3. The largest absolute Gasteiger partial charge is 0.330 e. The van der Waals surface area contributed by atoms with Crippen molar-refractivity contribution in [2.24, 2.45) is 5.73 Å². The normalized spacial score (nSPS) is 24.9. The van der Waals surface area contributed by atoms with Crippen LogP contribution in [0.1, 0.15) is 24.8 Å². The molecular formula is C13H18Cl2N2. The van der Waals surface area contributed by atoms with Crippen LogP contribution in [-0.2, 0) is 5.41 Å². The van der Waals surface area contributed by atoms with Crippen LogP contribution in [0.4, 0.5) is 0 Å². The summed E-state index contributed by atoms with van der Waals surface area (Å²) in [5.74, 6) is 0. The Morgan fingerprint density at radius 3 is 2.71 bits per heavy atom. The number of hydrogen-bond acceptors (Lipinski definition) is 2. The fourth-order valence-electron chi connectivity index (χ4n) is 2.67. The van der Waals surface area contributed by atoms with Crippen molar-refractivity contribution >= 4 is 23.2 Å². The lowest BCUT2D eigenvalue weighted by Gasteiger charge is -2.38. The van der Waals surface area contributed by atoms with Crippen LogP contribution in [0.3, 0.4) is 0 Å². The first-order valence-electron chi connectivity index (χ1n) is 6.04. The molecule has 2 rings (SSSR count). The number of benzene rings is 1. The highest BCUT2D eigenvalue weighted by atomic mass is 35.5. The fraction of sp³-hybridized carbons (Fsp3) is 0.538. The summed E-state index contributed by atoms with van der Waals surface area (Å²) in [6.07, 6.45) is 3.33. The highest BCUT2D eigenvalue weighted by Gasteiger charge is 2.33. The van der Waals surface area contributed by atoms with Crippen molar-refractivity contribution in [3.05, 3.63) is 33.8 Å². The van der Waals surface area contributed by atoms with E-state index in [0.717, 1.165) is 25.9 Å². The molecule has 2 nitrogen and oxygen atoms in total. The highest BCUT2D eigenvalue weighted by Crippen LogP contribution is 2.37. The molecule has 0 bridgehead atoms. The van der Waals surface area contributed by atoms with E-state index in [0.29, 0.717) is 16.6 Å². The van der Waals surface area contributed by atoms with Gasteiger partial charge in [-0.25, -0.2) is 0 Å². The van der Waals surface area contributed by atoms with E-state index < -0.39 is 0 Å². The lowest BCUT2D eigenvalue weighted by atomic mass is 9.72. The SMILES string of the molecule is NCCC1(c2ccc(Cl)c(Cl)c2)CCCNC1. The zero-order chi connectivity index (χ0) is 12.3. The first kappa shape index (κ1) is 13.2. The molecular weight excluding hydrogens is 255 g/mol. The molecule has 0 saturated carbocycles. The molecule has 1 fully saturated rings. The van der Waals surface area contributed by atoms with Gasteiger partial charge in [0.25, 0.3) is 0 Å². The second kappa shape index (κ2) is 5.57. The minimum Gasteiger partial charge on any atom is -0.330 e. The van der Waals surface area contributed by atoms with Crippen molar-refractivity contribution in [2.45, 2.75) is 24.7 Å². The highest BCUT2D eigenvalue weighted by molar-refractivity contribution is 6.42. The Kier molecular flexibility index (Phi) is 4.31. The summed E-state index contributed by atoms with van der Waals surface area (Å²) in [6, 6.07) is 5.95. The average Bonchev–Trinajstić information content (AvgIpc) is 2.34. The zero-order valence-electron chi connectivity index (χ0n) is 9.81. The Morgan fingerprint density at radius 1 is 1.29 bits per heavy atom. The van der Waals surface area contributed by atoms with Crippen molar-refractivity contribution < 1.29 is 0 Å². The van der Waals surface area contributed by atoms with E-state index in [1.54, 1.807) is 0 Å². The van der Waals surface area contributed by atoms with Gasteiger partial charge in [0, 0.05) is 12.0 Å². The van der Waals surface area contributed by atoms with Gasteiger partial charge in [-0.3, -0.25) is 0 Å². The topological polar surface area (TPSA) is 38.0 Å². The van der Waals surface area contributed by atoms with E-state index in [9.17, 15) is 0 Å². The minimum absolute atomic E-state index is 0.126. The van der Waals surface area contributed by atoms with Crippen molar-refractivity contribution in [3.8, 4) is 0 Å². The Balaban J connectivity index is 2.34. The molecule has 4 heteroatoms. The fourth-order valence-corrected chi connectivity index (χ4v) is 2.97. The molecule has 94 valence electrons. The van der Waals surface area contributed by atoms with Gasteiger partial charge >= 0.3 is 0 Å². The Bertz CT molecular complexity index is 381. The van der Waals surface area contributed by atoms with E-state index in [4.69, 9.17) is 28.9 Å². The molecule has 0 aromatic heterocycles. The quantitative estimate of drug-likeness (QED) is 0.888. The van der Waals surface area contributed by atoms with Crippen molar-refractivity contribution in [1.82, 2.24) is 5.32 Å². The van der Waals surface area contributed by atoms with Crippen LogP contribution in [0.25, 0.3) is 0 Å². The van der Waals surface area contributed by atoms with Gasteiger partial charge in [-0.1, -0.05) is 29.3 Å². The monoisotopic (exact) mass is 272 g/mol. The summed E-state index contributed by atoms with van der Waals surface area (Å²) in [6.45, 7) is 2.76. The van der Waals surface area contributed by atoms with Gasteiger partial charge in [0.2, 0.25) is 0 Å². The summed E-state index contributed by atoms with van der Waals surface area (Å²) < 4.78 is 0. The molecule has 1 unspecified atom stereocenters. The van der Waals surface area contributed by atoms with E-state index in [2.05, 4.69) is 11.4 Å². The first-order chi connectivity index (χ1) is 8.18. The van der Waals surface area contributed by atoms with Crippen LogP contribution in [0, 0.1) is 0 Å². The summed E-state index contributed by atoms with van der Waals surface area (Å²) in [7, 11) is 0. The Labute approximate surface area is 112 Å². The smallest absolute Gasteiger partial charge is 0.0595 e. The lowest BCUT2D eigenvalue weighted by Crippen LogP contribution is -2.44. The molecule has 0 aliphatic carbocycles. The molecule has 1 aliphatic heterocycles. The second-order valence-corrected chi connectivity index (χ2v) is 5.54. The van der Waals surface area contributed by atoms with Crippen molar-refractivity contribution in [3.63, 3.8) is 0 Å². The third-order valence-electron chi connectivity index (χ3n) is 3.63. The maximum absolute atomic E-state index is 6.11. The standard InChI is InChI=1S/C13H18Cl2N2/c14-11-3-2-10(8-12(11)15)13(5-6-16)4-1-7-17-9-13/h2-3,8,17H,1,4-7,9,16H2. The molecule has 0 spiro atoms. The maximum Gasteiger partial charge on any atom is 0.0595 e. The second-order valence-electron chi connectivity index (χ2n) is 4.73. The van der Waals surface area contributed by atoms with Gasteiger partial charge in [-0.05, 0) is 50.0 Å². The van der Waals surface area contributed by atoms with Gasteiger partial charge in [-0.2, -0.15) is 0 Å². The molecule has 1 aliphatic rings. The lowest BCUT2D eigenvalue weighted by molar-refractivity contribution is 0.296. The summed E-state index contributed by atoms with van der Waals surface area (Å²) in [4.78, 5) is 0. The van der Waals surface area contributed by atoms with Crippen LogP contribution in [0.2, 0.25) is 10.0 Å². The molecule has 0 amide bonds. The number of nitrogens with two attached hydrogens (primary N) is 1. The van der Waals surface area contributed by atoms with Crippen LogP contribution < -0.4 is 11.1 Å². The molecule has 3 N–H and O–H groups in total. The number of piperidine rings is 1. The van der Waals surface area contributed by atoms with E-state index in [-0.39, 0.29) is 5.41 Å². The molecule has 1 heterocycles. The van der Waals surface area contributed by atoms with Gasteiger partial charge in [0.1, 0.15) is 0 Å². The maximum atomic E-state index is 6.11. The van der Waals surface area contributed by atoms with E-state index in [1.165, 1.54) is 12.0 Å². The first-order valence-corrected chi connectivity index (χ1v) is 6.80. The van der Waals surface area contributed by atoms with Gasteiger partial charge < -0.3 is 11.1 Å². The molecule has 1 aromatic rings. The summed E-state index contributed by atoms with van der Waals surface area (Å²) in [5.41, 5.74) is 7.14. The molecule has 1 saturated heterocycles. The van der Waals surface area contributed by atoms with E-state index >= 15 is 0 Å². The summed E-state index contributed by atoms with van der Waals surface area (Å²) >= 11 is 12.1. The van der Waals surface area contributed by atoms with Crippen molar-refractivity contribution in [2.75, 3.05) is 19.6 Å². The number of halogens is 2. The minimum atomic E-state index is 0.126. The predicted octanol–water partition coefficient (Wildman–Crippen LogP) is 2.96. The van der Waals surface area contributed by atoms with E-state index in [1.807, 2.05) is 12.1 Å². The predicted molar refractivity (Wildman–Crippen MR) is 73.9 cm³/mol. The van der Waals surface area contributed by atoms with Crippen LogP contribution in [0.15, 0.2) is 18.2 Å². The summed E-state index contributed by atoms with van der Waals surface area (Å²) in [5, 5.41) is 4.71. The van der Waals surface area contributed by atoms with Crippen molar-refractivity contribution in [1.29, 1.82) is 0 Å². The van der Waals surface area contributed by atoms with Crippen LogP contribution in [0.5, 0.6) is 0 Å². The molecule has 17 heavy (non-hydrogen) atoms.